The van der Waals surface area contributed by atoms with Gasteiger partial charge in [0.2, 0.25) is 0 Å². The van der Waals surface area contributed by atoms with Crippen molar-refractivity contribution in [2.45, 2.75) is 26.8 Å². The number of hydrogen-bond acceptors (Lipinski definition) is 3. The molecule has 0 unspecified atom stereocenters. The molecule has 21 heavy (non-hydrogen) atoms. The van der Waals surface area contributed by atoms with Crippen LogP contribution in [0.2, 0.25) is 0 Å². The molecule has 1 saturated heterocycles. The number of nitrogens with zero attached hydrogens (tertiary/aromatic N) is 1. The Morgan fingerprint density at radius 2 is 1.86 bits per heavy atom. The van der Waals surface area contributed by atoms with Crippen molar-refractivity contribution >= 4 is 15.9 Å². The van der Waals surface area contributed by atoms with Crippen molar-refractivity contribution in [2.75, 3.05) is 26.2 Å². The van der Waals surface area contributed by atoms with Gasteiger partial charge in [-0.3, -0.25) is 4.90 Å². The monoisotopic (exact) mass is 362 g/mol. The molecule has 0 amide bonds. The van der Waals surface area contributed by atoms with Crippen LogP contribution >= 0.6 is 15.9 Å². The molecule has 3 nitrogen and oxygen atoms in total. The predicted molar refractivity (Wildman–Crippen MR) is 82.4 cm³/mol. The molecule has 1 aliphatic heterocycles. The van der Waals surface area contributed by atoms with Crippen LogP contribution in [0, 0.1) is 17.0 Å². The van der Waals surface area contributed by atoms with E-state index in [2.05, 4.69) is 26.1 Å². The van der Waals surface area contributed by atoms with Crippen molar-refractivity contribution in [1.29, 1.82) is 0 Å². The summed E-state index contributed by atoms with van der Waals surface area (Å²) in [7, 11) is 0. The van der Waals surface area contributed by atoms with Crippen LogP contribution in [0.1, 0.15) is 32.4 Å². The molecule has 1 atom stereocenters. The largest absolute Gasteiger partial charge is 0.506 e. The lowest BCUT2D eigenvalue weighted by Gasteiger charge is -2.42. The minimum absolute atomic E-state index is 0.0382. The van der Waals surface area contributed by atoms with Gasteiger partial charge < -0.3 is 10.4 Å². The molecular formula is C15H21BrF2N2O. The van der Waals surface area contributed by atoms with Crippen LogP contribution in [0.15, 0.2) is 10.5 Å². The second kappa shape index (κ2) is 6.18. The fourth-order valence-electron chi connectivity index (χ4n) is 2.96. The maximum absolute atomic E-state index is 14.4. The standard InChI is InChI=1S/C15H21BrF2N2O/c1-15(2,3)14(20-6-4-19-5-7-20)11-12(18)10(17)8-9(16)13(11)21/h8,14,19,21H,4-7H2,1-3H3/t14-/m1/s1. The molecule has 6 heteroatoms. The van der Waals surface area contributed by atoms with Crippen molar-refractivity contribution in [1.82, 2.24) is 10.2 Å². The van der Waals surface area contributed by atoms with E-state index in [1.165, 1.54) is 0 Å². The highest BCUT2D eigenvalue weighted by atomic mass is 79.9. The molecule has 0 radical (unpaired) electrons. The number of hydrogen-bond donors (Lipinski definition) is 2. The number of benzene rings is 1. The van der Waals surface area contributed by atoms with Gasteiger partial charge >= 0.3 is 0 Å². The summed E-state index contributed by atoms with van der Waals surface area (Å²) in [5.41, 5.74) is -0.306. The minimum Gasteiger partial charge on any atom is -0.506 e. The number of phenols is 1. The Kier molecular flexibility index (Phi) is 4.90. The maximum atomic E-state index is 14.4. The first-order valence-electron chi connectivity index (χ1n) is 7.04. The Hall–Kier alpha value is -0.720. The Bertz CT molecular complexity index is 499. The van der Waals surface area contributed by atoms with Crippen molar-refractivity contribution < 1.29 is 13.9 Å². The molecule has 0 spiro atoms. The van der Waals surface area contributed by atoms with Crippen LogP contribution < -0.4 is 5.32 Å². The summed E-state index contributed by atoms with van der Waals surface area (Å²) in [4.78, 5) is 2.10. The second-order valence-electron chi connectivity index (χ2n) is 6.47. The summed E-state index contributed by atoms with van der Waals surface area (Å²) < 4.78 is 28.3. The van der Waals surface area contributed by atoms with Crippen LogP contribution in [0.3, 0.4) is 0 Å². The van der Waals surface area contributed by atoms with Gasteiger partial charge in [0.05, 0.1) is 10.0 Å². The molecule has 0 aromatic heterocycles. The first kappa shape index (κ1) is 16.6. The summed E-state index contributed by atoms with van der Waals surface area (Å²) in [6.07, 6.45) is 0. The van der Waals surface area contributed by atoms with Gasteiger partial charge in [0, 0.05) is 32.2 Å². The third-order valence-corrected chi connectivity index (χ3v) is 4.40. The summed E-state index contributed by atoms with van der Waals surface area (Å²) in [5, 5.41) is 13.5. The van der Waals surface area contributed by atoms with Crippen molar-refractivity contribution in [3.05, 3.63) is 27.7 Å². The number of piperazine rings is 1. The van der Waals surface area contributed by atoms with Gasteiger partial charge in [-0.25, -0.2) is 8.78 Å². The number of halogens is 3. The minimum atomic E-state index is -0.964. The number of rotatable bonds is 2. The quantitative estimate of drug-likeness (QED) is 0.791. The van der Waals surface area contributed by atoms with Crippen LogP contribution in [-0.2, 0) is 0 Å². The van der Waals surface area contributed by atoms with Gasteiger partial charge in [-0.15, -0.1) is 0 Å². The normalized spacial score (nSPS) is 18.8. The lowest BCUT2D eigenvalue weighted by Crippen LogP contribution is -2.48. The summed E-state index contributed by atoms with van der Waals surface area (Å²) in [6.45, 7) is 8.97. The average molecular weight is 363 g/mol. The van der Waals surface area contributed by atoms with Gasteiger partial charge in [-0.2, -0.15) is 0 Å². The summed E-state index contributed by atoms with van der Waals surface area (Å²) in [5.74, 6) is -2.12. The zero-order valence-corrected chi connectivity index (χ0v) is 14.1. The molecule has 118 valence electrons. The molecule has 1 aromatic rings. The zero-order valence-electron chi connectivity index (χ0n) is 12.5. The molecule has 1 heterocycles. The second-order valence-corrected chi connectivity index (χ2v) is 7.33. The lowest BCUT2D eigenvalue weighted by molar-refractivity contribution is 0.0806. The topological polar surface area (TPSA) is 35.5 Å². The van der Waals surface area contributed by atoms with Crippen molar-refractivity contribution in [3.63, 3.8) is 0 Å². The third kappa shape index (κ3) is 3.38. The Labute approximate surface area is 132 Å². The molecule has 1 fully saturated rings. The molecular weight excluding hydrogens is 342 g/mol. The molecule has 1 aromatic carbocycles. The maximum Gasteiger partial charge on any atom is 0.167 e. The van der Waals surface area contributed by atoms with Gasteiger partial charge in [0.25, 0.3) is 0 Å². The van der Waals surface area contributed by atoms with E-state index in [1.807, 2.05) is 20.8 Å². The predicted octanol–water partition coefficient (Wildman–Crippen LogP) is 3.43. The smallest absolute Gasteiger partial charge is 0.167 e. The van der Waals surface area contributed by atoms with E-state index < -0.39 is 17.7 Å². The van der Waals surface area contributed by atoms with E-state index in [0.717, 1.165) is 32.2 Å². The van der Waals surface area contributed by atoms with Crippen LogP contribution in [-0.4, -0.2) is 36.2 Å². The van der Waals surface area contributed by atoms with Crippen molar-refractivity contribution in [3.8, 4) is 5.75 Å². The first-order chi connectivity index (χ1) is 9.73. The average Bonchev–Trinajstić information content (AvgIpc) is 2.41. The van der Waals surface area contributed by atoms with E-state index in [0.29, 0.717) is 0 Å². The van der Waals surface area contributed by atoms with E-state index in [-0.39, 0.29) is 21.2 Å². The van der Waals surface area contributed by atoms with E-state index in [4.69, 9.17) is 0 Å². The van der Waals surface area contributed by atoms with E-state index >= 15 is 0 Å². The highest BCUT2D eigenvalue weighted by molar-refractivity contribution is 9.10. The Morgan fingerprint density at radius 1 is 1.29 bits per heavy atom. The first-order valence-corrected chi connectivity index (χ1v) is 7.84. The summed E-state index contributed by atoms with van der Waals surface area (Å²) in [6, 6.07) is 0.567. The lowest BCUT2D eigenvalue weighted by atomic mass is 9.80. The third-order valence-electron chi connectivity index (χ3n) is 3.79. The summed E-state index contributed by atoms with van der Waals surface area (Å²) >= 11 is 3.10. The van der Waals surface area contributed by atoms with Gasteiger partial charge in [-0.1, -0.05) is 20.8 Å². The Morgan fingerprint density at radius 3 is 2.38 bits per heavy atom. The molecule has 1 aliphatic rings. The molecule has 2 rings (SSSR count). The molecule has 0 bridgehead atoms. The van der Waals surface area contributed by atoms with Crippen LogP contribution in [0.5, 0.6) is 5.75 Å². The SMILES string of the molecule is CC(C)(C)[C@@H](c1c(O)c(Br)cc(F)c1F)N1CCNCC1. The highest BCUT2D eigenvalue weighted by Gasteiger charge is 2.37. The van der Waals surface area contributed by atoms with Gasteiger partial charge in [0.1, 0.15) is 5.75 Å². The zero-order chi connectivity index (χ0) is 15.8. The van der Waals surface area contributed by atoms with E-state index in [1.54, 1.807) is 0 Å². The van der Waals surface area contributed by atoms with Crippen molar-refractivity contribution in [2.24, 2.45) is 5.41 Å². The fraction of sp³-hybridized carbons (Fsp3) is 0.600. The highest BCUT2D eigenvalue weighted by Crippen LogP contribution is 2.45. The van der Waals surface area contributed by atoms with E-state index in [9.17, 15) is 13.9 Å². The van der Waals surface area contributed by atoms with Gasteiger partial charge in [0.15, 0.2) is 11.6 Å². The molecule has 2 N–H and O–H groups in total. The molecule has 0 aliphatic carbocycles. The molecule has 0 saturated carbocycles. The number of phenolic OH excluding ortho intramolecular Hbond substituents is 1. The number of nitrogens with one attached hydrogen (secondary N) is 1. The number of aromatic hydroxyl groups is 1. The van der Waals surface area contributed by atoms with Crippen LogP contribution in [0.4, 0.5) is 8.78 Å². The fourth-order valence-corrected chi connectivity index (χ4v) is 3.37. The van der Waals surface area contributed by atoms with Gasteiger partial charge in [-0.05, 0) is 27.4 Å². The Balaban J connectivity index is 2.56. The van der Waals surface area contributed by atoms with Crippen LogP contribution in [0.25, 0.3) is 0 Å².